The van der Waals surface area contributed by atoms with Crippen LogP contribution in [-0.4, -0.2) is 29.9 Å². The number of nitrogens with zero attached hydrogens (tertiary/aromatic N) is 1. The SMILES string of the molecule is Cc1c(N)cccc1NC(=O)CN(CC(C)C)C(C)C. The molecule has 1 amide bonds. The molecule has 3 N–H and O–H groups in total. The van der Waals surface area contributed by atoms with Crippen LogP contribution in [0.15, 0.2) is 18.2 Å². The van der Waals surface area contributed by atoms with Crippen LogP contribution in [0, 0.1) is 12.8 Å². The summed E-state index contributed by atoms with van der Waals surface area (Å²) in [5.41, 5.74) is 8.26. The number of rotatable bonds is 6. The van der Waals surface area contributed by atoms with Crippen LogP contribution in [0.2, 0.25) is 0 Å². The van der Waals surface area contributed by atoms with Crippen molar-refractivity contribution in [1.82, 2.24) is 4.90 Å². The number of hydrogen-bond donors (Lipinski definition) is 2. The van der Waals surface area contributed by atoms with Crippen molar-refractivity contribution in [2.45, 2.75) is 40.7 Å². The van der Waals surface area contributed by atoms with E-state index in [1.807, 2.05) is 25.1 Å². The monoisotopic (exact) mass is 277 g/mol. The lowest BCUT2D eigenvalue weighted by molar-refractivity contribution is -0.117. The summed E-state index contributed by atoms with van der Waals surface area (Å²) in [5.74, 6) is 0.548. The number of carbonyl (C=O) groups is 1. The minimum Gasteiger partial charge on any atom is -0.398 e. The van der Waals surface area contributed by atoms with Crippen molar-refractivity contribution < 1.29 is 4.79 Å². The molecule has 1 rings (SSSR count). The Hall–Kier alpha value is -1.55. The van der Waals surface area contributed by atoms with E-state index in [1.54, 1.807) is 0 Å². The topological polar surface area (TPSA) is 58.4 Å². The van der Waals surface area contributed by atoms with Crippen molar-refractivity contribution in [3.05, 3.63) is 23.8 Å². The lowest BCUT2D eigenvalue weighted by Crippen LogP contribution is -2.40. The summed E-state index contributed by atoms with van der Waals surface area (Å²) in [6.07, 6.45) is 0. The second kappa shape index (κ2) is 7.29. The lowest BCUT2D eigenvalue weighted by Gasteiger charge is -2.27. The Morgan fingerprint density at radius 3 is 2.50 bits per heavy atom. The molecule has 0 saturated carbocycles. The van der Waals surface area contributed by atoms with Gasteiger partial charge in [0.1, 0.15) is 0 Å². The summed E-state index contributed by atoms with van der Waals surface area (Å²) in [6, 6.07) is 5.92. The summed E-state index contributed by atoms with van der Waals surface area (Å²) in [5, 5.41) is 2.95. The third kappa shape index (κ3) is 4.85. The van der Waals surface area contributed by atoms with E-state index in [4.69, 9.17) is 5.73 Å². The standard InChI is InChI=1S/C16H27N3O/c1-11(2)9-19(12(3)4)10-16(20)18-15-8-6-7-14(17)13(15)5/h6-8,11-12H,9-10,17H2,1-5H3,(H,18,20). The van der Waals surface area contributed by atoms with Crippen LogP contribution in [0.3, 0.4) is 0 Å². The maximum Gasteiger partial charge on any atom is 0.238 e. The number of carbonyl (C=O) groups excluding carboxylic acids is 1. The molecular formula is C16H27N3O. The van der Waals surface area contributed by atoms with Crippen LogP contribution in [0.4, 0.5) is 11.4 Å². The summed E-state index contributed by atoms with van der Waals surface area (Å²) in [6.45, 7) is 11.8. The molecule has 0 fully saturated rings. The second-order valence-corrected chi connectivity index (χ2v) is 5.99. The molecule has 0 unspecified atom stereocenters. The van der Waals surface area contributed by atoms with Crippen LogP contribution in [0.5, 0.6) is 0 Å². The molecular weight excluding hydrogens is 250 g/mol. The summed E-state index contributed by atoms with van der Waals surface area (Å²) in [4.78, 5) is 14.4. The summed E-state index contributed by atoms with van der Waals surface area (Å²) in [7, 11) is 0. The molecule has 1 aromatic carbocycles. The van der Waals surface area contributed by atoms with Gasteiger partial charge in [0, 0.05) is 24.0 Å². The minimum absolute atomic E-state index is 0.00745. The minimum atomic E-state index is 0.00745. The molecule has 112 valence electrons. The van der Waals surface area contributed by atoms with Gasteiger partial charge in [0.15, 0.2) is 0 Å². The molecule has 4 nitrogen and oxygen atoms in total. The summed E-state index contributed by atoms with van der Waals surface area (Å²) < 4.78 is 0. The van der Waals surface area contributed by atoms with Gasteiger partial charge in [-0.15, -0.1) is 0 Å². The average Bonchev–Trinajstić information content (AvgIpc) is 2.33. The Balaban J connectivity index is 2.68. The molecule has 0 aliphatic heterocycles. The van der Waals surface area contributed by atoms with Crippen molar-refractivity contribution in [2.75, 3.05) is 24.1 Å². The van der Waals surface area contributed by atoms with Crippen LogP contribution < -0.4 is 11.1 Å². The molecule has 0 saturated heterocycles. The second-order valence-electron chi connectivity index (χ2n) is 5.99. The fraction of sp³-hybridized carbons (Fsp3) is 0.562. The van der Waals surface area contributed by atoms with E-state index in [0.717, 1.165) is 17.8 Å². The van der Waals surface area contributed by atoms with Gasteiger partial charge in [-0.25, -0.2) is 0 Å². The van der Waals surface area contributed by atoms with E-state index in [0.29, 0.717) is 24.2 Å². The van der Waals surface area contributed by atoms with E-state index in [9.17, 15) is 4.79 Å². The Labute approximate surface area is 122 Å². The van der Waals surface area contributed by atoms with Gasteiger partial charge in [0.25, 0.3) is 0 Å². The molecule has 20 heavy (non-hydrogen) atoms. The number of nitrogens with two attached hydrogens (primary N) is 1. The Bertz CT molecular complexity index is 455. The third-order valence-corrected chi connectivity index (χ3v) is 3.33. The highest BCUT2D eigenvalue weighted by Crippen LogP contribution is 2.20. The Kier molecular flexibility index (Phi) is 6.02. The van der Waals surface area contributed by atoms with Crippen LogP contribution >= 0.6 is 0 Å². The van der Waals surface area contributed by atoms with Gasteiger partial charge in [-0.05, 0) is 44.4 Å². The first-order chi connectivity index (χ1) is 9.31. The van der Waals surface area contributed by atoms with Crippen LogP contribution in [-0.2, 0) is 4.79 Å². The first kappa shape index (κ1) is 16.5. The van der Waals surface area contributed by atoms with Gasteiger partial charge in [-0.1, -0.05) is 19.9 Å². The molecule has 0 bridgehead atoms. The number of nitrogen functional groups attached to an aromatic ring is 1. The maximum absolute atomic E-state index is 12.2. The molecule has 0 radical (unpaired) electrons. The highest BCUT2D eigenvalue weighted by atomic mass is 16.2. The number of amides is 1. The first-order valence-electron chi connectivity index (χ1n) is 7.20. The molecule has 0 aromatic heterocycles. The van der Waals surface area contributed by atoms with Gasteiger partial charge in [0.05, 0.1) is 6.54 Å². The Morgan fingerprint density at radius 2 is 1.95 bits per heavy atom. The van der Waals surface area contributed by atoms with Gasteiger partial charge in [0.2, 0.25) is 5.91 Å². The fourth-order valence-electron chi connectivity index (χ4n) is 2.09. The highest BCUT2D eigenvalue weighted by molar-refractivity contribution is 5.93. The van der Waals surface area contributed by atoms with Crippen molar-refractivity contribution >= 4 is 17.3 Å². The Morgan fingerprint density at radius 1 is 1.30 bits per heavy atom. The smallest absolute Gasteiger partial charge is 0.238 e. The molecule has 0 atom stereocenters. The van der Waals surface area contributed by atoms with Gasteiger partial charge in [-0.2, -0.15) is 0 Å². The quantitative estimate of drug-likeness (QED) is 0.786. The van der Waals surface area contributed by atoms with Crippen LogP contribution in [0.1, 0.15) is 33.3 Å². The molecule has 1 aromatic rings. The van der Waals surface area contributed by atoms with E-state index < -0.39 is 0 Å². The lowest BCUT2D eigenvalue weighted by atomic mass is 10.1. The van der Waals surface area contributed by atoms with Crippen molar-refractivity contribution in [1.29, 1.82) is 0 Å². The fourth-order valence-corrected chi connectivity index (χ4v) is 2.09. The van der Waals surface area contributed by atoms with E-state index in [-0.39, 0.29) is 5.91 Å². The third-order valence-electron chi connectivity index (χ3n) is 3.33. The van der Waals surface area contributed by atoms with E-state index in [2.05, 4.69) is 37.9 Å². The predicted molar refractivity (Wildman–Crippen MR) is 85.8 cm³/mol. The van der Waals surface area contributed by atoms with E-state index in [1.165, 1.54) is 0 Å². The first-order valence-corrected chi connectivity index (χ1v) is 7.20. The summed E-state index contributed by atoms with van der Waals surface area (Å²) >= 11 is 0. The van der Waals surface area contributed by atoms with Crippen molar-refractivity contribution in [2.24, 2.45) is 5.92 Å². The molecule has 4 heteroatoms. The number of hydrogen-bond acceptors (Lipinski definition) is 3. The zero-order chi connectivity index (χ0) is 15.3. The molecule has 0 spiro atoms. The average molecular weight is 277 g/mol. The number of nitrogens with one attached hydrogen (secondary N) is 1. The molecule has 0 aliphatic carbocycles. The molecule has 0 aliphatic rings. The van der Waals surface area contributed by atoms with E-state index >= 15 is 0 Å². The van der Waals surface area contributed by atoms with Gasteiger partial charge >= 0.3 is 0 Å². The maximum atomic E-state index is 12.2. The molecule has 0 heterocycles. The number of benzene rings is 1. The van der Waals surface area contributed by atoms with Gasteiger partial charge < -0.3 is 11.1 Å². The normalized spacial score (nSPS) is 11.4. The largest absolute Gasteiger partial charge is 0.398 e. The van der Waals surface area contributed by atoms with Crippen molar-refractivity contribution in [3.8, 4) is 0 Å². The number of anilines is 2. The van der Waals surface area contributed by atoms with Crippen LogP contribution in [0.25, 0.3) is 0 Å². The predicted octanol–water partition coefficient (Wildman–Crippen LogP) is 2.88. The highest BCUT2D eigenvalue weighted by Gasteiger charge is 2.16. The van der Waals surface area contributed by atoms with Gasteiger partial charge in [-0.3, -0.25) is 9.69 Å². The zero-order valence-corrected chi connectivity index (χ0v) is 13.2. The van der Waals surface area contributed by atoms with Crippen molar-refractivity contribution in [3.63, 3.8) is 0 Å². The zero-order valence-electron chi connectivity index (χ0n) is 13.2.